The molecule has 29 heavy (non-hydrogen) atoms. The van der Waals surface area contributed by atoms with Gasteiger partial charge in [-0.1, -0.05) is 0 Å². The third-order valence-corrected chi connectivity index (χ3v) is 5.34. The zero-order valence-corrected chi connectivity index (χ0v) is 15.5. The smallest absolute Gasteiger partial charge is 0.270 e. The second-order valence-corrected chi connectivity index (χ2v) is 7.23. The minimum Gasteiger partial charge on any atom is -0.353 e. The number of imide groups is 1. The Morgan fingerprint density at radius 3 is 2.90 bits per heavy atom. The van der Waals surface area contributed by atoms with Crippen molar-refractivity contribution in [2.24, 2.45) is 0 Å². The number of aromatic nitrogens is 2. The maximum atomic E-state index is 12.4. The zero-order chi connectivity index (χ0) is 20.5. The zero-order valence-electron chi connectivity index (χ0n) is 15.5. The Hall–Kier alpha value is -3.56. The monoisotopic (exact) mass is 397 g/mol. The average Bonchev–Trinajstić information content (AvgIpc) is 3.25. The molecule has 1 aliphatic heterocycles. The Labute approximate surface area is 165 Å². The SMILES string of the molecule is O=C(CCCN1C(=O)c2ccc([N+](=O)[O-])cc2C1=O)NC1CCc2cn[nH]c2C1. The van der Waals surface area contributed by atoms with E-state index in [1.165, 1.54) is 17.7 Å². The van der Waals surface area contributed by atoms with E-state index in [1.807, 2.05) is 6.20 Å². The fourth-order valence-electron chi connectivity index (χ4n) is 3.82. The molecule has 3 amide bonds. The maximum Gasteiger partial charge on any atom is 0.270 e. The standard InChI is InChI=1S/C19H19N5O5/c25-17(21-12-4-3-11-10-20-22-16(11)8-12)2-1-7-23-18(26)14-6-5-13(24(28)29)9-15(14)19(23)27/h5-6,9-10,12H,1-4,7-8H2,(H,20,22)(H,21,25). The number of aryl methyl sites for hydroxylation is 1. The third kappa shape index (κ3) is 3.60. The number of carbonyl (C=O) groups is 3. The molecule has 1 aliphatic carbocycles. The molecule has 0 bridgehead atoms. The summed E-state index contributed by atoms with van der Waals surface area (Å²) in [4.78, 5) is 48.4. The van der Waals surface area contributed by atoms with Crippen LogP contribution in [-0.4, -0.2) is 50.3 Å². The van der Waals surface area contributed by atoms with E-state index in [0.29, 0.717) is 12.8 Å². The number of nitrogens with one attached hydrogen (secondary N) is 2. The van der Waals surface area contributed by atoms with Crippen LogP contribution in [0.3, 0.4) is 0 Å². The molecule has 150 valence electrons. The van der Waals surface area contributed by atoms with E-state index >= 15 is 0 Å². The summed E-state index contributed by atoms with van der Waals surface area (Å²) >= 11 is 0. The Morgan fingerprint density at radius 1 is 1.31 bits per heavy atom. The van der Waals surface area contributed by atoms with E-state index in [2.05, 4.69) is 15.5 Å². The van der Waals surface area contributed by atoms with Crippen molar-refractivity contribution in [2.45, 2.75) is 38.1 Å². The third-order valence-electron chi connectivity index (χ3n) is 5.34. The summed E-state index contributed by atoms with van der Waals surface area (Å²) in [6.07, 6.45) is 4.72. The quantitative estimate of drug-likeness (QED) is 0.429. The molecule has 0 saturated carbocycles. The van der Waals surface area contributed by atoms with E-state index in [9.17, 15) is 24.5 Å². The summed E-state index contributed by atoms with van der Waals surface area (Å²) in [6.45, 7) is 0.0862. The number of rotatable bonds is 6. The first kappa shape index (κ1) is 18.8. The summed E-state index contributed by atoms with van der Waals surface area (Å²) in [7, 11) is 0. The highest BCUT2D eigenvalue weighted by Crippen LogP contribution is 2.27. The van der Waals surface area contributed by atoms with Crippen molar-refractivity contribution in [1.82, 2.24) is 20.4 Å². The maximum absolute atomic E-state index is 12.4. The molecule has 2 aliphatic rings. The molecule has 1 aromatic carbocycles. The number of hydrogen-bond donors (Lipinski definition) is 2. The van der Waals surface area contributed by atoms with Crippen LogP contribution in [0.1, 0.15) is 51.2 Å². The van der Waals surface area contributed by atoms with Gasteiger partial charge in [-0.25, -0.2) is 0 Å². The van der Waals surface area contributed by atoms with Crippen molar-refractivity contribution in [3.8, 4) is 0 Å². The molecule has 2 N–H and O–H groups in total. The Morgan fingerprint density at radius 2 is 2.10 bits per heavy atom. The van der Waals surface area contributed by atoms with E-state index in [4.69, 9.17) is 0 Å². The van der Waals surface area contributed by atoms with Gasteiger partial charge in [-0.15, -0.1) is 0 Å². The number of nitrogens with zero attached hydrogens (tertiary/aromatic N) is 3. The second-order valence-electron chi connectivity index (χ2n) is 7.23. The number of H-pyrrole nitrogens is 1. The van der Waals surface area contributed by atoms with Crippen LogP contribution in [0.15, 0.2) is 24.4 Å². The molecule has 2 aromatic rings. The lowest BCUT2D eigenvalue weighted by Crippen LogP contribution is -2.39. The van der Waals surface area contributed by atoms with Crippen LogP contribution in [0.25, 0.3) is 0 Å². The van der Waals surface area contributed by atoms with Gasteiger partial charge >= 0.3 is 0 Å². The lowest BCUT2D eigenvalue weighted by Gasteiger charge is -2.23. The highest BCUT2D eigenvalue weighted by atomic mass is 16.6. The van der Waals surface area contributed by atoms with Crippen molar-refractivity contribution >= 4 is 23.4 Å². The molecule has 1 aromatic heterocycles. The molecule has 1 unspecified atom stereocenters. The minimum absolute atomic E-state index is 0.0335. The van der Waals surface area contributed by atoms with Gasteiger partial charge in [0, 0.05) is 43.3 Å². The van der Waals surface area contributed by atoms with Gasteiger partial charge in [0.05, 0.1) is 22.2 Å². The largest absolute Gasteiger partial charge is 0.353 e. The number of amides is 3. The topological polar surface area (TPSA) is 138 Å². The van der Waals surface area contributed by atoms with Crippen LogP contribution in [0, 0.1) is 10.1 Å². The lowest BCUT2D eigenvalue weighted by atomic mass is 9.93. The van der Waals surface area contributed by atoms with Crippen LogP contribution >= 0.6 is 0 Å². The first-order valence-corrected chi connectivity index (χ1v) is 9.39. The van der Waals surface area contributed by atoms with Crippen molar-refractivity contribution in [3.63, 3.8) is 0 Å². The molecule has 2 heterocycles. The summed E-state index contributed by atoms with van der Waals surface area (Å²) in [5.41, 5.74) is 2.18. The van der Waals surface area contributed by atoms with Gasteiger partial charge in [-0.2, -0.15) is 5.10 Å². The molecule has 10 heteroatoms. The van der Waals surface area contributed by atoms with Crippen molar-refractivity contribution in [2.75, 3.05) is 6.54 Å². The first-order valence-electron chi connectivity index (χ1n) is 9.39. The van der Waals surface area contributed by atoms with Crippen LogP contribution in [0.5, 0.6) is 0 Å². The van der Waals surface area contributed by atoms with Gasteiger partial charge in [0.15, 0.2) is 0 Å². The minimum atomic E-state index is -0.609. The highest BCUT2D eigenvalue weighted by molar-refractivity contribution is 6.21. The Kier molecular flexibility index (Phi) is 4.83. The van der Waals surface area contributed by atoms with Crippen LogP contribution in [-0.2, 0) is 17.6 Å². The molecule has 0 saturated heterocycles. The van der Waals surface area contributed by atoms with Crippen molar-refractivity contribution in [3.05, 3.63) is 56.9 Å². The summed E-state index contributed by atoms with van der Waals surface area (Å²) in [5, 5.41) is 20.8. The van der Waals surface area contributed by atoms with Crippen LogP contribution in [0.4, 0.5) is 5.69 Å². The molecule has 1 atom stereocenters. The predicted molar refractivity (Wildman–Crippen MR) is 100 cm³/mol. The fourth-order valence-corrected chi connectivity index (χ4v) is 3.82. The fraction of sp³-hybridized carbons (Fsp3) is 0.368. The van der Waals surface area contributed by atoms with Gasteiger partial charge in [0.25, 0.3) is 17.5 Å². The van der Waals surface area contributed by atoms with E-state index < -0.39 is 16.7 Å². The van der Waals surface area contributed by atoms with Gasteiger partial charge in [0.1, 0.15) is 0 Å². The van der Waals surface area contributed by atoms with Gasteiger partial charge in [0.2, 0.25) is 5.91 Å². The van der Waals surface area contributed by atoms with Crippen molar-refractivity contribution < 1.29 is 19.3 Å². The number of hydrogen-bond acceptors (Lipinski definition) is 6. The van der Waals surface area contributed by atoms with Gasteiger partial charge in [-0.05, 0) is 30.9 Å². The Bertz CT molecular complexity index is 1010. The van der Waals surface area contributed by atoms with E-state index in [-0.39, 0.29) is 41.7 Å². The molecule has 0 fully saturated rings. The van der Waals surface area contributed by atoms with Gasteiger partial charge in [-0.3, -0.25) is 34.5 Å². The Balaban J connectivity index is 1.29. The summed E-state index contributed by atoms with van der Waals surface area (Å²) in [5.74, 6) is -1.18. The highest BCUT2D eigenvalue weighted by Gasteiger charge is 2.36. The molecule has 10 nitrogen and oxygen atoms in total. The van der Waals surface area contributed by atoms with E-state index in [0.717, 1.165) is 29.5 Å². The number of benzene rings is 1. The average molecular weight is 397 g/mol. The molecular formula is C19H19N5O5. The van der Waals surface area contributed by atoms with Crippen molar-refractivity contribution in [1.29, 1.82) is 0 Å². The predicted octanol–water partition coefficient (Wildman–Crippen LogP) is 1.37. The first-order chi connectivity index (χ1) is 13.9. The molecular weight excluding hydrogens is 378 g/mol. The summed E-state index contributed by atoms with van der Waals surface area (Å²) in [6, 6.07) is 3.66. The normalized spacial score (nSPS) is 17.8. The number of nitro groups is 1. The number of non-ortho nitro benzene ring substituents is 1. The number of fused-ring (bicyclic) bond motifs is 2. The second kappa shape index (κ2) is 7.46. The number of aromatic amines is 1. The molecule has 4 rings (SSSR count). The summed E-state index contributed by atoms with van der Waals surface area (Å²) < 4.78 is 0. The van der Waals surface area contributed by atoms with Crippen LogP contribution in [0.2, 0.25) is 0 Å². The number of carbonyl (C=O) groups excluding carboxylic acids is 3. The van der Waals surface area contributed by atoms with E-state index in [1.54, 1.807) is 0 Å². The molecule has 0 radical (unpaired) electrons. The number of nitro benzene ring substituents is 1. The van der Waals surface area contributed by atoms with Crippen LogP contribution < -0.4 is 5.32 Å². The molecule has 0 spiro atoms. The van der Waals surface area contributed by atoms with Gasteiger partial charge < -0.3 is 5.32 Å². The lowest BCUT2D eigenvalue weighted by molar-refractivity contribution is -0.384.